The largest absolute Gasteiger partial charge is 0.329 e. The summed E-state index contributed by atoms with van der Waals surface area (Å²) in [6, 6.07) is 9.96. The number of anilines is 2. The highest BCUT2D eigenvalue weighted by molar-refractivity contribution is 6.29. The van der Waals surface area contributed by atoms with Crippen LogP contribution in [0.1, 0.15) is 5.56 Å². The molecule has 1 heterocycles. The van der Waals surface area contributed by atoms with E-state index in [0.29, 0.717) is 5.15 Å². The van der Waals surface area contributed by atoms with Crippen LogP contribution < -0.4 is 4.90 Å². The molecule has 0 atom stereocenters. The Labute approximate surface area is 99.7 Å². The lowest BCUT2D eigenvalue weighted by atomic mass is 10.2. The van der Waals surface area contributed by atoms with Crippen molar-refractivity contribution in [1.82, 2.24) is 9.97 Å². The van der Waals surface area contributed by atoms with Crippen molar-refractivity contribution in [2.24, 2.45) is 0 Å². The van der Waals surface area contributed by atoms with Crippen LogP contribution in [0, 0.1) is 6.92 Å². The Hall–Kier alpha value is -1.61. The van der Waals surface area contributed by atoms with Crippen molar-refractivity contribution >= 4 is 23.1 Å². The molecule has 0 spiro atoms. The maximum atomic E-state index is 5.82. The van der Waals surface area contributed by atoms with E-state index in [-0.39, 0.29) is 0 Å². The molecule has 0 aliphatic heterocycles. The van der Waals surface area contributed by atoms with Crippen LogP contribution in [-0.2, 0) is 0 Å². The minimum atomic E-state index is 0.448. The predicted molar refractivity (Wildman–Crippen MR) is 66.3 cm³/mol. The average Bonchev–Trinajstić information content (AvgIpc) is 2.29. The SMILES string of the molecule is Cc1ccc(N(C)c2cc(Cl)ncn2)cc1. The third kappa shape index (κ3) is 2.31. The highest BCUT2D eigenvalue weighted by Gasteiger charge is 2.05. The molecule has 0 unspecified atom stereocenters. The van der Waals surface area contributed by atoms with E-state index in [9.17, 15) is 0 Å². The molecule has 1 aromatic heterocycles. The smallest absolute Gasteiger partial charge is 0.137 e. The molecule has 2 rings (SSSR count). The summed E-state index contributed by atoms with van der Waals surface area (Å²) in [7, 11) is 1.95. The Morgan fingerprint density at radius 2 is 1.81 bits per heavy atom. The fourth-order valence-electron chi connectivity index (χ4n) is 1.41. The maximum Gasteiger partial charge on any atom is 0.137 e. The molecule has 1 aromatic carbocycles. The molecule has 0 radical (unpaired) electrons. The zero-order valence-electron chi connectivity index (χ0n) is 9.18. The topological polar surface area (TPSA) is 29.0 Å². The van der Waals surface area contributed by atoms with Crippen molar-refractivity contribution in [3.63, 3.8) is 0 Å². The second kappa shape index (κ2) is 4.49. The molecule has 0 bridgehead atoms. The van der Waals surface area contributed by atoms with Gasteiger partial charge in [0.25, 0.3) is 0 Å². The third-order valence-corrected chi connectivity index (χ3v) is 2.59. The molecule has 0 N–H and O–H groups in total. The lowest BCUT2D eigenvalue weighted by Gasteiger charge is -2.18. The summed E-state index contributed by atoms with van der Waals surface area (Å²) in [6.07, 6.45) is 1.46. The number of hydrogen-bond donors (Lipinski definition) is 0. The Balaban J connectivity index is 2.31. The maximum absolute atomic E-state index is 5.82. The molecule has 0 saturated heterocycles. The first kappa shape index (κ1) is 10.9. The van der Waals surface area contributed by atoms with Crippen LogP contribution in [0.25, 0.3) is 0 Å². The Bertz CT molecular complexity index is 482. The van der Waals surface area contributed by atoms with Gasteiger partial charge in [-0.05, 0) is 19.1 Å². The molecule has 0 aliphatic carbocycles. The van der Waals surface area contributed by atoms with Crippen LogP contribution in [0.5, 0.6) is 0 Å². The average molecular weight is 234 g/mol. The van der Waals surface area contributed by atoms with E-state index in [1.54, 1.807) is 6.07 Å². The lowest BCUT2D eigenvalue weighted by molar-refractivity contribution is 1.08. The second-order valence-corrected chi connectivity index (χ2v) is 3.98. The first-order chi connectivity index (χ1) is 7.66. The second-order valence-electron chi connectivity index (χ2n) is 3.59. The van der Waals surface area contributed by atoms with Crippen LogP contribution in [-0.4, -0.2) is 17.0 Å². The highest BCUT2D eigenvalue weighted by Crippen LogP contribution is 2.22. The van der Waals surface area contributed by atoms with E-state index in [2.05, 4.69) is 29.0 Å². The molecular formula is C12H12ClN3. The van der Waals surface area contributed by atoms with E-state index in [1.165, 1.54) is 11.9 Å². The number of aryl methyl sites for hydroxylation is 1. The van der Waals surface area contributed by atoms with Gasteiger partial charge in [0.05, 0.1) is 0 Å². The standard InChI is InChI=1S/C12H12ClN3/c1-9-3-5-10(6-4-9)16(2)12-7-11(13)14-8-15-12/h3-8H,1-2H3. The van der Waals surface area contributed by atoms with Gasteiger partial charge in [-0.2, -0.15) is 0 Å². The minimum Gasteiger partial charge on any atom is -0.329 e. The van der Waals surface area contributed by atoms with Crippen molar-refractivity contribution in [1.29, 1.82) is 0 Å². The Morgan fingerprint density at radius 1 is 1.12 bits per heavy atom. The lowest BCUT2D eigenvalue weighted by Crippen LogP contribution is -2.11. The molecule has 3 nitrogen and oxygen atoms in total. The first-order valence-corrected chi connectivity index (χ1v) is 5.32. The normalized spacial score (nSPS) is 10.2. The summed E-state index contributed by atoms with van der Waals surface area (Å²) < 4.78 is 0. The Morgan fingerprint density at radius 3 is 2.44 bits per heavy atom. The van der Waals surface area contributed by atoms with Gasteiger partial charge in [-0.25, -0.2) is 9.97 Å². The van der Waals surface area contributed by atoms with Crippen LogP contribution in [0.3, 0.4) is 0 Å². The zero-order chi connectivity index (χ0) is 11.5. The van der Waals surface area contributed by atoms with Gasteiger partial charge >= 0.3 is 0 Å². The van der Waals surface area contributed by atoms with Crippen LogP contribution in [0.2, 0.25) is 5.15 Å². The number of nitrogens with zero attached hydrogens (tertiary/aromatic N) is 3. The summed E-state index contributed by atoms with van der Waals surface area (Å²) >= 11 is 5.82. The molecular weight excluding hydrogens is 222 g/mol. The number of rotatable bonds is 2. The quantitative estimate of drug-likeness (QED) is 0.746. The van der Waals surface area contributed by atoms with Gasteiger partial charge < -0.3 is 4.90 Å². The molecule has 4 heteroatoms. The van der Waals surface area contributed by atoms with E-state index in [0.717, 1.165) is 11.5 Å². The zero-order valence-corrected chi connectivity index (χ0v) is 9.94. The van der Waals surface area contributed by atoms with Gasteiger partial charge in [-0.1, -0.05) is 29.3 Å². The molecule has 2 aromatic rings. The monoisotopic (exact) mass is 233 g/mol. The van der Waals surface area contributed by atoms with E-state index < -0.39 is 0 Å². The van der Waals surface area contributed by atoms with Crippen LogP contribution in [0.4, 0.5) is 11.5 Å². The fourth-order valence-corrected chi connectivity index (χ4v) is 1.55. The van der Waals surface area contributed by atoms with Gasteiger partial charge in [-0.15, -0.1) is 0 Å². The molecule has 0 fully saturated rings. The van der Waals surface area contributed by atoms with E-state index in [1.807, 2.05) is 24.1 Å². The predicted octanol–water partition coefficient (Wildman–Crippen LogP) is 3.21. The summed E-state index contributed by atoms with van der Waals surface area (Å²) in [5.74, 6) is 0.781. The van der Waals surface area contributed by atoms with Crippen LogP contribution in [0.15, 0.2) is 36.7 Å². The van der Waals surface area contributed by atoms with Crippen molar-refractivity contribution in [2.75, 3.05) is 11.9 Å². The van der Waals surface area contributed by atoms with Crippen LogP contribution >= 0.6 is 11.6 Å². The van der Waals surface area contributed by atoms with Gasteiger partial charge in [-0.3, -0.25) is 0 Å². The van der Waals surface area contributed by atoms with Gasteiger partial charge in [0, 0.05) is 18.8 Å². The third-order valence-electron chi connectivity index (χ3n) is 2.38. The van der Waals surface area contributed by atoms with E-state index in [4.69, 9.17) is 11.6 Å². The van der Waals surface area contributed by atoms with Crippen molar-refractivity contribution in [2.45, 2.75) is 6.92 Å². The number of hydrogen-bond acceptors (Lipinski definition) is 3. The van der Waals surface area contributed by atoms with E-state index >= 15 is 0 Å². The number of benzene rings is 1. The van der Waals surface area contributed by atoms with Gasteiger partial charge in [0.2, 0.25) is 0 Å². The summed E-state index contributed by atoms with van der Waals surface area (Å²) in [5.41, 5.74) is 2.30. The molecule has 0 saturated carbocycles. The van der Waals surface area contributed by atoms with Gasteiger partial charge in [0.15, 0.2) is 0 Å². The molecule has 82 valence electrons. The summed E-state index contributed by atoms with van der Waals surface area (Å²) in [5, 5.41) is 0.448. The Kier molecular flexibility index (Phi) is 3.06. The number of aromatic nitrogens is 2. The first-order valence-electron chi connectivity index (χ1n) is 4.95. The van der Waals surface area contributed by atoms with Gasteiger partial charge in [0.1, 0.15) is 17.3 Å². The fraction of sp³-hybridized carbons (Fsp3) is 0.167. The van der Waals surface area contributed by atoms with Crippen molar-refractivity contribution < 1.29 is 0 Å². The molecule has 0 aliphatic rings. The summed E-state index contributed by atoms with van der Waals surface area (Å²) in [6.45, 7) is 2.06. The summed E-state index contributed by atoms with van der Waals surface area (Å²) in [4.78, 5) is 9.99. The molecule has 16 heavy (non-hydrogen) atoms. The highest BCUT2D eigenvalue weighted by atomic mass is 35.5. The number of halogens is 1. The van der Waals surface area contributed by atoms with Crippen molar-refractivity contribution in [3.05, 3.63) is 47.4 Å². The molecule has 0 amide bonds. The minimum absolute atomic E-state index is 0.448. The van der Waals surface area contributed by atoms with Crippen molar-refractivity contribution in [3.8, 4) is 0 Å².